The Kier molecular flexibility index (Phi) is 5.16. The molecule has 2 heterocycles. The van der Waals surface area contributed by atoms with Gasteiger partial charge in [0, 0.05) is 13.1 Å². The first-order chi connectivity index (χ1) is 12.8. The Balaban J connectivity index is 1.63. The highest BCUT2D eigenvalue weighted by atomic mass is 16.5. The molecule has 0 spiro atoms. The van der Waals surface area contributed by atoms with Crippen LogP contribution in [0.4, 0.5) is 4.79 Å². The molecule has 144 valence electrons. The SMILES string of the molecule is C[C@H](OC(=O)CN1C(=O)N[C@](C)(c2ccccc2)C1=O)C(=O)N1CCCC1. The number of carbonyl (C=O) groups is 4. The van der Waals surface area contributed by atoms with Gasteiger partial charge >= 0.3 is 12.0 Å². The molecular weight excluding hydrogens is 350 g/mol. The van der Waals surface area contributed by atoms with E-state index in [1.807, 2.05) is 6.07 Å². The number of hydrogen-bond donors (Lipinski definition) is 1. The second-order valence-electron chi connectivity index (χ2n) is 6.98. The second kappa shape index (κ2) is 7.38. The Labute approximate surface area is 157 Å². The van der Waals surface area contributed by atoms with Crippen molar-refractivity contribution in [2.45, 2.75) is 38.3 Å². The number of esters is 1. The first-order valence-electron chi connectivity index (χ1n) is 9.01. The zero-order chi connectivity index (χ0) is 19.6. The Morgan fingerprint density at radius 3 is 2.44 bits per heavy atom. The monoisotopic (exact) mass is 373 g/mol. The quantitative estimate of drug-likeness (QED) is 0.614. The second-order valence-corrected chi connectivity index (χ2v) is 6.98. The molecule has 0 aliphatic carbocycles. The number of nitrogens with one attached hydrogen (secondary N) is 1. The third kappa shape index (κ3) is 3.65. The van der Waals surface area contributed by atoms with Crippen LogP contribution in [0.25, 0.3) is 0 Å². The van der Waals surface area contributed by atoms with Gasteiger partial charge < -0.3 is 15.0 Å². The van der Waals surface area contributed by atoms with E-state index in [-0.39, 0.29) is 5.91 Å². The Morgan fingerprint density at radius 2 is 1.81 bits per heavy atom. The van der Waals surface area contributed by atoms with Crippen molar-refractivity contribution in [3.05, 3.63) is 35.9 Å². The molecule has 0 saturated carbocycles. The van der Waals surface area contributed by atoms with Crippen molar-refractivity contribution in [1.29, 1.82) is 0 Å². The van der Waals surface area contributed by atoms with E-state index < -0.39 is 36.1 Å². The summed E-state index contributed by atoms with van der Waals surface area (Å²) in [6.07, 6.45) is 0.928. The van der Waals surface area contributed by atoms with Gasteiger partial charge in [-0.25, -0.2) is 4.79 Å². The zero-order valence-corrected chi connectivity index (χ0v) is 15.4. The minimum atomic E-state index is -1.24. The lowest BCUT2D eigenvalue weighted by Crippen LogP contribution is -2.43. The van der Waals surface area contributed by atoms with Gasteiger partial charge in [0.25, 0.3) is 11.8 Å². The molecule has 2 fully saturated rings. The van der Waals surface area contributed by atoms with Crippen LogP contribution in [0.1, 0.15) is 32.3 Å². The van der Waals surface area contributed by atoms with E-state index in [9.17, 15) is 19.2 Å². The van der Waals surface area contributed by atoms with Crippen LogP contribution in [0.3, 0.4) is 0 Å². The minimum Gasteiger partial charge on any atom is -0.451 e. The number of benzene rings is 1. The first-order valence-corrected chi connectivity index (χ1v) is 9.01. The van der Waals surface area contributed by atoms with Gasteiger partial charge in [-0.05, 0) is 32.3 Å². The van der Waals surface area contributed by atoms with Gasteiger partial charge in [-0.1, -0.05) is 30.3 Å². The number of carbonyl (C=O) groups excluding carboxylic acids is 4. The molecule has 1 N–H and O–H groups in total. The van der Waals surface area contributed by atoms with Gasteiger partial charge in [0.1, 0.15) is 12.1 Å². The molecule has 2 aliphatic rings. The Hall–Kier alpha value is -2.90. The van der Waals surface area contributed by atoms with Crippen LogP contribution in [-0.4, -0.2) is 59.4 Å². The van der Waals surface area contributed by atoms with Gasteiger partial charge in [0.2, 0.25) is 0 Å². The molecule has 1 aromatic carbocycles. The van der Waals surface area contributed by atoms with Gasteiger partial charge in [-0.3, -0.25) is 19.3 Å². The maximum atomic E-state index is 12.8. The summed E-state index contributed by atoms with van der Waals surface area (Å²) >= 11 is 0. The standard InChI is InChI=1S/C19H23N3O5/c1-13(16(24)21-10-6-7-11-21)27-15(23)12-22-17(25)19(2,20-18(22)26)14-8-4-3-5-9-14/h3-5,8-9,13H,6-7,10-12H2,1-2H3,(H,20,26)/t13-,19+/m0/s1. The van der Waals surface area contributed by atoms with Crippen LogP contribution in [0.5, 0.6) is 0 Å². The van der Waals surface area contributed by atoms with Crippen LogP contribution in [0.2, 0.25) is 0 Å². The maximum Gasteiger partial charge on any atom is 0.327 e. The van der Waals surface area contributed by atoms with Crippen molar-refractivity contribution in [2.75, 3.05) is 19.6 Å². The Bertz CT molecular complexity index is 760. The largest absolute Gasteiger partial charge is 0.451 e. The molecule has 0 aromatic heterocycles. The fourth-order valence-corrected chi connectivity index (χ4v) is 3.42. The number of urea groups is 1. The van der Waals surface area contributed by atoms with Crippen LogP contribution >= 0.6 is 0 Å². The molecule has 3 rings (SSSR count). The van der Waals surface area contributed by atoms with E-state index in [1.54, 1.807) is 36.1 Å². The van der Waals surface area contributed by atoms with Crippen LogP contribution in [-0.2, 0) is 24.7 Å². The zero-order valence-electron chi connectivity index (χ0n) is 15.4. The van der Waals surface area contributed by atoms with Crippen molar-refractivity contribution in [2.24, 2.45) is 0 Å². The van der Waals surface area contributed by atoms with Crippen molar-refractivity contribution >= 4 is 23.8 Å². The molecule has 1 aromatic rings. The summed E-state index contributed by atoms with van der Waals surface area (Å²) in [5.41, 5.74) is -0.618. The summed E-state index contributed by atoms with van der Waals surface area (Å²) in [5.74, 6) is -1.59. The van der Waals surface area contributed by atoms with Crippen LogP contribution in [0, 0.1) is 0 Å². The minimum absolute atomic E-state index is 0.257. The third-order valence-corrected chi connectivity index (χ3v) is 4.99. The topological polar surface area (TPSA) is 96.0 Å². The summed E-state index contributed by atoms with van der Waals surface area (Å²) in [7, 11) is 0. The molecule has 2 saturated heterocycles. The first kappa shape index (κ1) is 18.9. The lowest BCUT2D eigenvalue weighted by atomic mass is 9.92. The third-order valence-electron chi connectivity index (χ3n) is 4.99. The number of hydrogen-bond acceptors (Lipinski definition) is 5. The summed E-state index contributed by atoms with van der Waals surface area (Å²) in [5, 5.41) is 2.63. The summed E-state index contributed by atoms with van der Waals surface area (Å²) in [4.78, 5) is 51.9. The van der Waals surface area contributed by atoms with Gasteiger partial charge in [0.15, 0.2) is 6.10 Å². The molecule has 27 heavy (non-hydrogen) atoms. The fourth-order valence-electron chi connectivity index (χ4n) is 3.42. The predicted octanol–water partition coefficient (Wildman–Crippen LogP) is 1.01. The molecule has 2 aliphatic heterocycles. The van der Waals surface area contributed by atoms with Crippen molar-refractivity contribution in [3.63, 3.8) is 0 Å². The Morgan fingerprint density at radius 1 is 1.19 bits per heavy atom. The molecule has 0 bridgehead atoms. The number of amides is 4. The van der Waals surface area contributed by atoms with Crippen LogP contribution in [0.15, 0.2) is 30.3 Å². The number of likely N-dealkylation sites (tertiary alicyclic amines) is 1. The van der Waals surface area contributed by atoms with E-state index in [2.05, 4.69) is 5.32 Å². The van der Waals surface area contributed by atoms with E-state index in [1.165, 1.54) is 6.92 Å². The highest BCUT2D eigenvalue weighted by Gasteiger charge is 2.49. The van der Waals surface area contributed by atoms with Crippen molar-refractivity contribution < 1.29 is 23.9 Å². The van der Waals surface area contributed by atoms with E-state index in [0.717, 1.165) is 17.7 Å². The number of imide groups is 1. The van der Waals surface area contributed by atoms with E-state index in [4.69, 9.17) is 4.74 Å². The van der Waals surface area contributed by atoms with Gasteiger partial charge in [0.05, 0.1) is 0 Å². The molecule has 0 unspecified atom stereocenters. The maximum absolute atomic E-state index is 12.8. The average molecular weight is 373 g/mol. The average Bonchev–Trinajstić information content (AvgIpc) is 3.26. The summed E-state index contributed by atoms with van der Waals surface area (Å²) < 4.78 is 5.15. The summed E-state index contributed by atoms with van der Waals surface area (Å²) in [6, 6.07) is 8.14. The van der Waals surface area contributed by atoms with Crippen molar-refractivity contribution in [1.82, 2.24) is 15.1 Å². The van der Waals surface area contributed by atoms with Crippen LogP contribution < -0.4 is 5.32 Å². The van der Waals surface area contributed by atoms with Gasteiger partial charge in [-0.2, -0.15) is 0 Å². The summed E-state index contributed by atoms with van der Waals surface area (Å²) in [6.45, 7) is 3.86. The lowest BCUT2D eigenvalue weighted by molar-refractivity contribution is -0.160. The molecule has 8 nitrogen and oxygen atoms in total. The lowest BCUT2D eigenvalue weighted by Gasteiger charge is -2.23. The fraction of sp³-hybridized carbons (Fsp3) is 0.474. The van der Waals surface area contributed by atoms with Gasteiger partial charge in [-0.15, -0.1) is 0 Å². The molecule has 0 radical (unpaired) electrons. The number of nitrogens with zero attached hydrogens (tertiary/aromatic N) is 2. The normalized spacial score (nSPS) is 23.3. The molecular formula is C19H23N3O5. The number of rotatable bonds is 5. The molecule has 2 atom stereocenters. The smallest absolute Gasteiger partial charge is 0.327 e. The predicted molar refractivity (Wildman–Crippen MR) is 95.4 cm³/mol. The number of ether oxygens (including phenoxy) is 1. The molecule has 4 amide bonds. The molecule has 8 heteroatoms. The van der Waals surface area contributed by atoms with E-state index in [0.29, 0.717) is 18.7 Å². The van der Waals surface area contributed by atoms with E-state index >= 15 is 0 Å². The van der Waals surface area contributed by atoms with Crippen molar-refractivity contribution in [3.8, 4) is 0 Å². The highest BCUT2D eigenvalue weighted by Crippen LogP contribution is 2.28. The highest BCUT2D eigenvalue weighted by molar-refractivity contribution is 6.08.